The average Bonchev–Trinajstić information content (AvgIpc) is 3.23. The highest BCUT2D eigenvalue weighted by molar-refractivity contribution is 7.88. The molecule has 27 heavy (non-hydrogen) atoms. The van der Waals surface area contributed by atoms with Gasteiger partial charge in [-0.25, -0.2) is 12.7 Å². The van der Waals surface area contributed by atoms with E-state index in [0.717, 1.165) is 0 Å². The molecule has 154 valence electrons. The first-order valence-electron chi connectivity index (χ1n) is 9.07. The number of aliphatic hydroxyl groups is 1. The number of aliphatic hydroxyl groups excluding tert-OH is 1. The van der Waals surface area contributed by atoms with Gasteiger partial charge in [0.1, 0.15) is 5.76 Å². The molecule has 1 aliphatic heterocycles. The van der Waals surface area contributed by atoms with Gasteiger partial charge in [0.05, 0.1) is 30.5 Å². The fourth-order valence-corrected chi connectivity index (χ4v) is 4.03. The van der Waals surface area contributed by atoms with Crippen LogP contribution in [0.1, 0.15) is 45.6 Å². The molecule has 8 nitrogen and oxygen atoms in total. The highest BCUT2D eigenvalue weighted by atomic mass is 32.2. The number of sulfonamides is 1. The van der Waals surface area contributed by atoms with Gasteiger partial charge in [-0.15, -0.1) is 0 Å². The van der Waals surface area contributed by atoms with E-state index in [1.165, 1.54) is 10.6 Å². The van der Waals surface area contributed by atoms with E-state index in [0.29, 0.717) is 31.0 Å². The van der Waals surface area contributed by atoms with Crippen molar-refractivity contribution in [3.05, 3.63) is 17.5 Å². The summed E-state index contributed by atoms with van der Waals surface area (Å²) in [7, 11) is -1.36. The lowest BCUT2D eigenvalue weighted by Crippen LogP contribution is -2.54. The molecule has 0 spiro atoms. The second-order valence-electron chi connectivity index (χ2n) is 8.55. The Hall–Kier alpha value is -1.29. The van der Waals surface area contributed by atoms with Crippen molar-refractivity contribution in [3.8, 4) is 0 Å². The standard InChI is InChI=1S/C18H31N3O5S/c1-17(2,12-22)15-9-14(26-19-15)10-16(23)18(3,4)20(5)13-7-8-21(11-13)27(6,24)25/h9,13,22H,7-8,10-12H2,1-6H3/t13-/m1/s1. The van der Waals surface area contributed by atoms with E-state index in [4.69, 9.17) is 4.52 Å². The van der Waals surface area contributed by atoms with E-state index in [1.54, 1.807) is 6.07 Å². The second kappa shape index (κ2) is 7.62. The van der Waals surface area contributed by atoms with Crippen molar-refractivity contribution in [3.63, 3.8) is 0 Å². The normalized spacial score (nSPS) is 19.8. The van der Waals surface area contributed by atoms with Crippen molar-refractivity contribution in [2.45, 2.75) is 57.5 Å². The lowest BCUT2D eigenvalue weighted by atomic mass is 9.89. The van der Waals surface area contributed by atoms with Crippen molar-refractivity contribution in [1.29, 1.82) is 0 Å². The van der Waals surface area contributed by atoms with Gasteiger partial charge in [-0.05, 0) is 27.3 Å². The number of aromatic nitrogens is 1. The highest BCUT2D eigenvalue weighted by Gasteiger charge is 2.40. The van der Waals surface area contributed by atoms with Gasteiger partial charge in [0.15, 0.2) is 5.78 Å². The topological polar surface area (TPSA) is 104 Å². The molecule has 0 radical (unpaired) electrons. The average molecular weight is 402 g/mol. The van der Waals surface area contributed by atoms with Gasteiger partial charge in [0.25, 0.3) is 0 Å². The Morgan fingerprint density at radius 3 is 2.56 bits per heavy atom. The minimum atomic E-state index is -3.22. The zero-order valence-corrected chi connectivity index (χ0v) is 17.8. The first kappa shape index (κ1) is 22.0. The molecule has 2 rings (SSSR count). The largest absolute Gasteiger partial charge is 0.395 e. The monoisotopic (exact) mass is 401 g/mol. The highest BCUT2D eigenvalue weighted by Crippen LogP contribution is 2.27. The zero-order chi connectivity index (χ0) is 20.6. The lowest BCUT2D eigenvalue weighted by Gasteiger charge is -2.38. The van der Waals surface area contributed by atoms with E-state index in [1.807, 2.05) is 39.6 Å². The fraction of sp³-hybridized carbons (Fsp3) is 0.778. The first-order valence-corrected chi connectivity index (χ1v) is 10.9. The number of rotatable bonds is 8. The molecule has 0 bridgehead atoms. The molecule has 0 unspecified atom stereocenters. The molecule has 1 aromatic heterocycles. The molecule has 9 heteroatoms. The number of carbonyl (C=O) groups excluding carboxylic acids is 1. The van der Waals surface area contributed by atoms with Crippen LogP contribution in [0.4, 0.5) is 0 Å². The van der Waals surface area contributed by atoms with Crippen molar-refractivity contribution in [2.75, 3.05) is 33.0 Å². The first-order chi connectivity index (χ1) is 12.3. The van der Waals surface area contributed by atoms with Gasteiger partial charge >= 0.3 is 0 Å². The summed E-state index contributed by atoms with van der Waals surface area (Å²) in [5.74, 6) is 0.425. The molecule has 2 heterocycles. The molecule has 1 fully saturated rings. The molecule has 0 aliphatic carbocycles. The third kappa shape index (κ3) is 4.77. The van der Waals surface area contributed by atoms with Crippen LogP contribution in [0.25, 0.3) is 0 Å². The third-order valence-electron chi connectivity index (χ3n) is 5.69. The maximum Gasteiger partial charge on any atom is 0.211 e. The Morgan fingerprint density at radius 1 is 1.41 bits per heavy atom. The van der Waals surface area contributed by atoms with Crippen molar-refractivity contribution < 1.29 is 22.8 Å². The Balaban J connectivity index is 2.07. The molecule has 1 aliphatic rings. The van der Waals surface area contributed by atoms with Crippen LogP contribution in [-0.2, 0) is 26.7 Å². The number of Topliss-reactive ketones (excluding diaryl/α,β-unsaturated/α-hetero) is 1. The van der Waals surface area contributed by atoms with Crippen LogP contribution < -0.4 is 0 Å². The van der Waals surface area contributed by atoms with Crippen LogP contribution in [0.5, 0.6) is 0 Å². The molecule has 1 saturated heterocycles. The Kier molecular flexibility index (Phi) is 6.21. The Labute approximate surface area is 161 Å². The van der Waals surface area contributed by atoms with Gasteiger partial charge in [-0.1, -0.05) is 19.0 Å². The van der Waals surface area contributed by atoms with E-state index in [-0.39, 0.29) is 24.9 Å². The summed E-state index contributed by atoms with van der Waals surface area (Å²) in [6.45, 7) is 8.17. The third-order valence-corrected chi connectivity index (χ3v) is 6.96. The van der Waals surface area contributed by atoms with Crippen LogP contribution in [0.3, 0.4) is 0 Å². The molecule has 1 N–H and O–H groups in total. The summed E-state index contributed by atoms with van der Waals surface area (Å²) in [6, 6.07) is 1.70. The zero-order valence-electron chi connectivity index (χ0n) is 17.0. The number of hydrogen-bond donors (Lipinski definition) is 1. The second-order valence-corrected chi connectivity index (χ2v) is 10.5. The summed E-state index contributed by atoms with van der Waals surface area (Å²) in [5.41, 5.74) is -0.702. The summed E-state index contributed by atoms with van der Waals surface area (Å²) in [4.78, 5) is 14.9. The van der Waals surface area contributed by atoms with E-state index < -0.39 is 21.0 Å². The molecular formula is C18H31N3O5S. The van der Waals surface area contributed by atoms with E-state index in [9.17, 15) is 18.3 Å². The van der Waals surface area contributed by atoms with Crippen LogP contribution in [0.2, 0.25) is 0 Å². The number of hydrogen-bond acceptors (Lipinski definition) is 7. The number of likely N-dealkylation sites (N-methyl/N-ethyl adjacent to an activating group) is 1. The number of ketones is 1. The predicted octanol–water partition coefficient (Wildman–Crippen LogP) is 0.800. The van der Waals surface area contributed by atoms with E-state index in [2.05, 4.69) is 5.16 Å². The molecule has 1 atom stereocenters. The van der Waals surface area contributed by atoms with Crippen molar-refractivity contribution in [1.82, 2.24) is 14.4 Å². The summed E-state index contributed by atoms with van der Waals surface area (Å²) in [5, 5.41) is 13.4. The maximum absolute atomic E-state index is 12.9. The quantitative estimate of drug-likeness (QED) is 0.687. The molecule has 0 saturated carbocycles. The predicted molar refractivity (Wildman–Crippen MR) is 102 cm³/mol. The number of carbonyl (C=O) groups is 1. The van der Waals surface area contributed by atoms with Crippen LogP contribution in [-0.4, -0.2) is 78.2 Å². The van der Waals surface area contributed by atoms with Crippen molar-refractivity contribution >= 4 is 15.8 Å². The SMILES string of the molecule is CN([C@@H]1CCN(S(C)(=O)=O)C1)C(C)(C)C(=O)Cc1cc(C(C)(C)CO)no1. The van der Waals surface area contributed by atoms with Gasteiger partial charge in [-0.2, -0.15) is 0 Å². The van der Waals surface area contributed by atoms with Crippen LogP contribution >= 0.6 is 0 Å². The van der Waals surface area contributed by atoms with Gasteiger partial charge in [0.2, 0.25) is 10.0 Å². The molecular weight excluding hydrogens is 370 g/mol. The van der Waals surface area contributed by atoms with Gasteiger partial charge in [-0.3, -0.25) is 9.69 Å². The van der Waals surface area contributed by atoms with Crippen molar-refractivity contribution in [2.24, 2.45) is 0 Å². The van der Waals surface area contributed by atoms with Gasteiger partial charge in [0, 0.05) is 30.6 Å². The molecule has 0 aromatic carbocycles. The van der Waals surface area contributed by atoms with E-state index >= 15 is 0 Å². The maximum atomic E-state index is 12.9. The minimum Gasteiger partial charge on any atom is -0.395 e. The summed E-state index contributed by atoms with van der Waals surface area (Å²) in [6.07, 6.45) is 1.99. The van der Waals surface area contributed by atoms with Crippen LogP contribution in [0, 0.1) is 0 Å². The fourth-order valence-electron chi connectivity index (χ4n) is 3.15. The van der Waals surface area contributed by atoms with Crippen LogP contribution in [0.15, 0.2) is 10.6 Å². The molecule has 0 amide bonds. The Morgan fingerprint density at radius 2 is 2.04 bits per heavy atom. The Bertz CT molecular complexity index is 785. The summed E-state index contributed by atoms with van der Waals surface area (Å²) < 4.78 is 30.2. The minimum absolute atomic E-state index is 0.0164. The number of nitrogens with zero attached hydrogens (tertiary/aromatic N) is 3. The molecule has 1 aromatic rings. The summed E-state index contributed by atoms with van der Waals surface area (Å²) >= 11 is 0. The smallest absolute Gasteiger partial charge is 0.211 e. The van der Waals surface area contributed by atoms with Gasteiger partial charge < -0.3 is 9.63 Å². The lowest BCUT2D eigenvalue weighted by molar-refractivity contribution is -0.129.